The molecule has 0 aromatic heterocycles. The van der Waals surface area contributed by atoms with Crippen LogP contribution < -0.4 is 5.32 Å². The van der Waals surface area contributed by atoms with Gasteiger partial charge in [-0.1, -0.05) is 95.0 Å². The van der Waals surface area contributed by atoms with Gasteiger partial charge in [0.15, 0.2) is 0 Å². The lowest BCUT2D eigenvalue weighted by molar-refractivity contribution is -0.128. The standard InChI is InChI=1S/C28H38N2O2.C2H6.H2/c1-4-5-20-29-27(31)26(24-17-10-7-11-18-24)30(22(3)23-15-8-6-9-16-23)28(32)25-19-13-12-14-21(25)2;1-2;/h6,8-9,12-16,19,22,24,26H,4-5,7,10-11,17-18,20H2,1-3H3,(H,29,31);1-2H3;1H/t22-,26?;;/m1../s1. The maximum atomic E-state index is 14.0. The molecule has 4 heteroatoms. The summed E-state index contributed by atoms with van der Waals surface area (Å²) in [5.74, 6) is 0.125. The van der Waals surface area contributed by atoms with E-state index in [4.69, 9.17) is 0 Å². The maximum Gasteiger partial charge on any atom is 0.255 e. The number of rotatable bonds is 9. The molecule has 1 unspecified atom stereocenters. The van der Waals surface area contributed by atoms with E-state index in [0.717, 1.165) is 49.7 Å². The normalized spacial score (nSPS) is 15.4. The molecule has 0 radical (unpaired) electrons. The Bertz CT molecular complexity index is 881. The van der Waals surface area contributed by atoms with Crippen molar-refractivity contribution in [3.05, 3.63) is 71.3 Å². The van der Waals surface area contributed by atoms with Crippen LogP contribution in [0.3, 0.4) is 0 Å². The predicted molar refractivity (Wildman–Crippen MR) is 144 cm³/mol. The van der Waals surface area contributed by atoms with Gasteiger partial charge in [0.2, 0.25) is 5.91 Å². The minimum Gasteiger partial charge on any atom is -0.354 e. The molecule has 34 heavy (non-hydrogen) atoms. The summed E-state index contributed by atoms with van der Waals surface area (Å²) in [6, 6.07) is 17.1. The maximum absolute atomic E-state index is 14.0. The monoisotopic (exact) mass is 466 g/mol. The van der Waals surface area contributed by atoms with E-state index < -0.39 is 6.04 Å². The molecular weight excluding hydrogens is 420 g/mol. The Balaban J connectivity index is 0.00000199. The minimum atomic E-state index is -0.463. The van der Waals surface area contributed by atoms with Gasteiger partial charge in [-0.3, -0.25) is 9.59 Å². The van der Waals surface area contributed by atoms with E-state index >= 15 is 0 Å². The summed E-state index contributed by atoms with van der Waals surface area (Å²) in [4.78, 5) is 29.5. The third-order valence-electron chi connectivity index (χ3n) is 6.80. The molecule has 2 atom stereocenters. The van der Waals surface area contributed by atoms with Crippen molar-refractivity contribution < 1.29 is 11.0 Å². The zero-order chi connectivity index (χ0) is 24.9. The minimum absolute atomic E-state index is 0. The van der Waals surface area contributed by atoms with Gasteiger partial charge in [-0.2, -0.15) is 0 Å². The highest BCUT2D eigenvalue weighted by molar-refractivity contribution is 5.99. The van der Waals surface area contributed by atoms with Crippen LogP contribution in [0.1, 0.15) is 102 Å². The summed E-state index contributed by atoms with van der Waals surface area (Å²) in [7, 11) is 0. The summed E-state index contributed by atoms with van der Waals surface area (Å²) in [5.41, 5.74) is 2.67. The van der Waals surface area contributed by atoms with Crippen LogP contribution in [0.4, 0.5) is 0 Å². The van der Waals surface area contributed by atoms with Crippen LogP contribution in [-0.4, -0.2) is 29.3 Å². The van der Waals surface area contributed by atoms with Crippen molar-refractivity contribution in [2.75, 3.05) is 6.54 Å². The molecule has 0 heterocycles. The molecule has 0 aliphatic heterocycles. The second kappa shape index (κ2) is 14.6. The number of nitrogens with zero attached hydrogens (tertiary/aromatic N) is 1. The van der Waals surface area contributed by atoms with Crippen molar-refractivity contribution >= 4 is 11.8 Å². The predicted octanol–water partition coefficient (Wildman–Crippen LogP) is 7.34. The Labute approximate surface area is 208 Å². The average molecular weight is 467 g/mol. The zero-order valence-corrected chi connectivity index (χ0v) is 21.8. The number of carbonyl (C=O) groups excluding carboxylic acids is 2. The van der Waals surface area contributed by atoms with Gasteiger partial charge in [0.05, 0.1) is 6.04 Å². The van der Waals surface area contributed by atoms with Crippen molar-refractivity contribution in [3.63, 3.8) is 0 Å². The van der Waals surface area contributed by atoms with Crippen LogP contribution in [0, 0.1) is 12.8 Å². The molecule has 2 amide bonds. The fraction of sp³-hybridized carbons (Fsp3) is 0.533. The number of hydrogen-bond acceptors (Lipinski definition) is 2. The van der Waals surface area contributed by atoms with Crippen molar-refractivity contribution in [1.82, 2.24) is 10.2 Å². The fourth-order valence-electron chi connectivity index (χ4n) is 4.90. The van der Waals surface area contributed by atoms with Gasteiger partial charge < -0.3 is 10.2 Å². The first-order valence-corrected chi connectivity index (χ1v) is 13.3. The number of benzene rings is 2. The van der Waals surface area contributed by atoms with E-state index in [-0.39, 0.29) is 25.2 Å². The largest absolute Gasteiger partial charge is 0.354 e. The van der Waals surface area contributed by atoms with Crippen LogP contribution in [-0.2, 0) is 4.79 Å². The molecule has 1 N–H and O–H groups in total. The van der Waals surface area contributed by atoms with Crippen molar-refractivity contribution in [1.29, 1.82) is 0 Å². The molecule has 0 saturated heterocycles. The Hall–Kier alpha value is -2.62. The van der Waals surface area contributed by atoms with Crippen LogP contribution in [0.5, 0.6) is 0 Å². The van der Waals surface area contributed by atoms with E-state index in [1.165, 1.54) is 6.42 Å². The highest BCUT2D eigenvalue weighted by atomic mass is 16.2. The van der Waals surface area contributed by atoms with Gasteiger partial charge in [-0.15, -0.1) is 0 Å². The summed E-state index contributed by atoms with van der Waals surface area (Å²) in [5, 5.41) is 3.16. The van der Waals surface area contributed by atoms with Gasteiger partial charge in [-0.05, 0) is 56.2 Å². The number of carbonyl (C=O) groups is 2. The zero-order valence-electron chi connectivity index (χ0n) is 21.8. The highest BCUT2D eigenvalue weighted by Crippen LogP contribution is 2.35. The van der Waals surface area contributed by atoms with E-state index in [0.29, 0.717) is 12.1 Å². The van der Waals surface area contributed by atoms with Gasteiger partial charge in [0.25, 0.3) is 5.91 Å². The Kier molecular flexibility index (Phi) is 11.9. The molecule has 188 valence electrons. The second-order valence-corrected chi connectivity index (χ2v) is 9.10. The molecule has 1 saturated carbocycles. The molecule has 4 nitrogen and oxygen atoms in total. The molecule has 2 aromatic carbocycles. The lowest BCUT2D eigenvalue weighted by Crippen LogP contribution is -2.54. The molecule has 0 spiro atoms. The van der Waals surface area contributed by atoms with E-state index in [1.807, 2.05) is 68.1 Å². The first-order chi connectivity index (χ1) is 16.5. The first kappa shape index (κ1) is 27.6. The number of aryl methyl sites for hydroxylation is 1. The molecule has 1 aliphatic carbocycles. The third kappa shape index (κ3) is 7.19. The van der Waals surface area contributed by atoms with E-state index in [9.17, 15) is 9.59 Å². The fourth-order valence-corrected chi connectivity index (χ4v) is 4.90. The SMILES string of the molecule is CC.CCCCNC(=O)C(C1CCCCC1)N(C(=O)c1ccccc1C)[C@H](C)c1ccccc1.[HH]. The van der Waals surface area contributed by atoms with Gasteiger partial charge in [-0.25, -0.2) is 0 Å². The van der Waals surface area contributed by atoms with Crippen LogP contribution in [0.15, 0.2) is 54.6 Å². The Morgan fingerprint density at radius 2 is 1.62 bits per heavy atom. The average Bonchev–Trinajstić information content (AvgIpc) is 2.89. The molecule has 0 bridgehead atoms. The topological polar surface area (TPSA) is 49.4 Å². The molecule has 3 rings (SSSR count). The summed E-state index contributed by atoms with van der Waals surface area (Å²) in [6.07, 6.45) is 7.41. The summed E-state index contributed by atoms with van der Waals surface area (Å²) in [6.45, 7) is 10.8. The molecule has 2 aromatic rings. The van der Waals surface area contributed by atoms with Crippen molar-refractivity contribution in [2.24, 2.45) is 5.92 Å². The van der Waals surface area contributed by atoms with Gasteiger partial charge >= 0.3 is 0 Å². The number of unbranched alkanes of at least 4 members (excludes halogenated alkanes) is 1. The number of nitrogens with one attached hydrogen (secondary N) is 1. The van der Waals surface area contributed by atoms with Crippen molar-refractivity contribution in [3.8, 4) is 0 Å². The highest BCUT2D eigenvalue weighted by Gasteiger charge is 2.40. The molecular formula is C30H46N2O2. The van der Waals surface area contributed by atoms with E-state index in [2.05, 4.69) is 31.3 Å². The molecule has 1 aliphatic rings. The van der Waals surface area contributed by atoms with Crippen molar-refractivity contribution in [2.45, 2.75) is 91.6 Å². The summed E-state index contributed by atoms with van der Waals surface area (Å²) >= 11 is 0. The lowest BCUT2D eigenvalue weighted by Gasteiger charge is -2.41. The van der Waals surface area contributed by atoms with Gasteiger partial charge in [0, 0.05) is 13.5 Å². The van der Waals surface area contributed by atoms with Gasteiger partial charge in [0.1, 0.15) is 6.04 Å². The second-order valence-electron chi connectivity index (χ2n) is 9.10. The lowest BCUT2D eigenvalue weighted by atomic mass is 9.81. The Morgan fingerprint density at radius 3 is 2.24 bits per heavy atom. The quantitative estimate of drug-likeness (QED) is 0.393. The number of amides is 2. The first-order valence-electron chi connectivity index (χ1n) is 13.3. The van der Waals surface area contributed by atoms with Crippen LogP contribution >= 0.6 is 0 Å². The van der Waals surface area contributed by atoms with Crippen LogP contribution in [0.2, 0.25) is 0 Å². The smallest absolute Gasteiger partial charge is 0.255 e. The van der Waals surface area contributed by atoms with E-state index in [1.54, 1.807) is 0 Å². The molecule has 1 fully saturated rings. The number of hydrogen-bond donors (Lipinski definition) is 1. The third-order valence-corrected chi connectivity index (χ3v) is 6.80. The summed E-state index contributed by atoms with van der Waals surface area (Å²) < 4.78 is 0. The van der Waals surface area contributed by atoms with Crippen LogP contribution in [0.25, 0.3) is 0 Å². The Morgan fingerprint density at radius 1 is 1.00 bits per heavy atom.